The van der Waals surface area contributed by atoms with Gasteiger partial charge in [0.2, 0.25) is 0 Å². The summed E-state index contributed by atoms with van der Waals surface area (Å²) in [6.45, 7) is 7.73. The zero-order valence-corrected chi connectivity index (χ0v) is 21.6. The Labute approximate surface area is 221 Å². The maximum absolute atomic E-state index is 14.3. The second-order valence-corrected chi connectivity index (χ2v) is 9.32. The summed E-state index contributed by atoms with van der Waals surface area (Å²) in [6, 6.07) is 10.4. The monoisotopic (exact) mass is 517 g/mol. The van der Waals surface area contributed by atoms with Crippen LogP contribution in [0, 0.1) is 12.7 Å². The van der Waals surface area contributed by atoms with Crippen LogP contribution in [-0.4, -0.2) is 71.6 Å². The number of aromatic nitrogens is 3. The molecule has 2 aromatic heterocycles. The number of imidazole rings is 1. The third-order valence-electron chi connectivity index (χ3n) is 6.76. The molecule has 0 radical (unpaired) electrons. The Balaban J connectivity index is 1.25. The van der Waals surface area contributed by atoms with Crippen molar-refractivity contribution in [2.75, 3.05) is 51.7 Å². The van der Waals surface area contributed by atoms with Crippen LogP contribution in [0.25, 0.3) is 16.9 Å². The first-order valence-corrected chi connectivity index (χ1v) is 12.8. The van der Waals surface area contributed by atoms with Gasteiger partial charge in [-0.1, -0.05) is 0 Å². The fraction of sp³-hybridized carbons (Fsp3) is 0.321. The lowest BCUT2D eigenvalue weighted by Crippen LogP contribution is -2.44. The molecule has 1 fully saturated rings. The van der Waals surface area contributed by atoms with E-state index in [1.54, 1.807) is 30.7 Å². The van der Waals surface area contributed by atoms with Crippen LogP contribution in [0.1, 0.15) is 22.3 Å². The number of benzene rings is 2. The SMILES string of the molecule is COc1ccc(-c2cnc3c(Nc4ccc(C(=O)NCCCN5CCNCC5)c(C)c4)nccn23)cc1F. The summed E-state index contributed by atoms with van der Waals surface area (Å²) in [5.74, 6) is 0.234. The first-order chi connectivity index (χ1) is 18.5. The van der Waals surface area contributed by atoms with Gasteiger partial charge < -0.3 is 25.6 Å². The number of fused-ring (bicyclic) bond motifs is 1. The van der Waals surface area contributed by atoms with Crippen molar-refractivity contribution in [2.24, 2.45) is 0 Å². The fourth-order valence-corrected chi connectivity index (χ4v) is 4.71. The van der Waals surface area contributed by atoms with Crippen molar-refractivity contribution >= 4 is 23.1 Å². The van der Waals surface area contributed by atoms with E-state index in [0.717, 1.165) is 56.1 Å². The molecule has 3 N–H and O–H groups in total. The quantitative estimate of drug-likeness (QED) is 0.292. The number of halogens is 1. The van der Waals surface area contributed by atoms with Gasteiger partial charge in [0.1, 0.15) is 0 Å². The second-order valence-electron chi connectivity index (χ2n) is 9.32. The number of piperazine rings is 1. The number of methoxy groups -OCH3 is 1. The number of rotatable bonds is 9. The Morgan fingerprint density at radius 1 is 1.16 bits per heavy atom. The van der Waals surface area contributed by atoms with E-state index in [1.807, 2.05) is 29.5 Å². The molecule has 9 nitrogen and oxygen atoms in total. The number of amides is 1. The molecule has 0 saturated carbocycles. The summed E-state index contributed by atoms with van der Waals surface area (Å²) in [6.07, 6.45) is 6.06. The van der Waals surface area contributed by atoms with Gasteiger partial charge >= 0.3 is 0 Å². The fourth-order valence-electron chi connectivity index (χ4n) is 4.71. The Bertz CT molecular complexity index is 1430. The van der Waals surface area contributed by atoms with Crippen LogP contribution in [0.5, 0.6) is 5.75 Å². The third kappa shape index (κ3) is 5.61. The average Bonchev–Trinajstić information content (AvgIpc) is 3.37. The molecule has 4 aromatic rings. The van der Waals surface area contributed by atoms with Gasteiger partial charge in [0.15, 0.2) is 23.0 Å². The number of carbonyl (C=O) groups is 1. The largest absolute Gasteiger partial charge is 0.494 e. The number of hydrogen-bond acceptors (Lipinski definition) is 7. The van der Waals surface area contributed by atoms with Gasteiger partial charge in [0.05, 0.1) is 19.0 Å². The molecule has 5 rings (SSSR count). The molecule has 1 saturated heterocycles. The zero-order chi connectivity index (χ0) is 26.5. The van der Waals surface area contributed by atoms with Gasteiger partial charge in [0, 0.05) is 61.9 Å². The molecule has 38 heavy (non-hydrogen) atoms. The van der Waals surface area contributed by atoms with Crippen molar-refractivity contribution in [3.05, 3.63) is 71.9 Å². The van der Waals surface area contributed by atoms with Crippen LogP contribution in [0.3, 0.4) is 0 Å². The van der Waals surface area contributed by atoms with E-state index in [2.05, 4.69) is 30.8 Å². The van der Waals surface area contributed by atoms with E-state index in [9.17, 15) is 9.18 Å². The lowest BCUT2D eigenvalue weighted by Gasteiger charge is -2.27. The molecule has 198 valence electrons. The predicted octanol–water partition coefficient (Wildman–Crippen LogP) is 3.62. The minimum atomic E-state index is -0.438. The maximum atomic E-state index is 14.3. The Morgan fingerprint density at radius 2 is 2.00 bits per heavy atom. The minimum absolute atomic E-state index is 0.0702. The number of carbonyl (C=O) groups excluding carboxylic acids is 1. The molecule has 10 heteroatoms. The summed E-state index contributed by atoms with van der Waals surface area (Å²) in [7, 11) is 1.44. The van der Waals surface area contributed by atoms with Crippen molar-refractivity contribution in [3.63, 3.8) is 0 Å². The number of ether oxygens (including phenoxy) is 1. The van der Waals surface area contributed by atoms with Gasteiger partial charge in [-0.3, -0.25) is 9.20 Å². The van der Waals surface area contributed by atoms with Crippen LogP contribution in [0.15, 0.2) is 55.0 Å². The summed E-state index contributed by atoms with van der Waals surface area (Å²) in [5.41, 5.74) is 4.30. The summed E-state index contributed by atoms with van der Waals surface area (Å²) < 4.78 is 21.2. The van der Waals surface area contributed by atoms with Gasteiger partial charge in [0.25, 0.3) is 5.91 Å². The standard InChI is InChI=1S/C28H32FN7O2/c1-19-16-21(5-6-22(19)28(37)32-8-3-12-35-13-9-30-10-14-35)34-26-27-33-18-24(36(27)15-11-31-26)20-4-7-25(38-2)23(29)17-20/h4-7,11,15-18,30H,3,8-10,12-14H2,1-2H3,(H,31,34)(H,32,37). The van der Waals surface area contributed by atoms with E-state index >= 15 is 0 Å². The lowest BCUT2D eigenvalue weighted by atomic mass is 10.1. The molecule has 3 heterocycles. The zero-order valence-electron chi connectivity index (χ0n) is 21.6. The normalized spacial score (nSPS) is 14.0. The molecule has 1 aliphatic rings. The third-order valence-corrected chi connectivity index (χ3v) is 6.76. The second kappa shape index (κ2) is 11.6. The Kier molecular flexibility index (Phi) is 7.81. The van der Waals surface area contributed by atoms with Crippen molar-refractivity contribution in [3.8, 4) is 17.0 Å². The van der Waals surface area contributed by atoms with Crippen LogP contribution in [0.2, 0.25) is 0 Å². The van der Waals surface area contributed by atoms with E-state index in [0.29, 0.717) is 29.1 Å². The highest BCUT2D eigenvalue weighted by atomic mass is 19.1. The molecule has 0 spiro atoms. The van der Waals surface area contributed by atoms with Gasteiger partial charge in [-0.25, -0.2) is 14.4 Å². The number of anilines is 2. The Hall–Kier alpha value is -4.02. The topological polar surface area (TPSA) is 95.8 Å². The molecule has 2 aromatic carbocycles. The molecule has 1 amide bonds. The van der Waals surface area contributed by atoms with Gasteiger partial charge in [-0.15, -0.1) is 0 Å². The maximum Gasteiger partial charge on any atom is 0.251 e. The number of nitrogens with zero attached hydrogens (tertiary/aromatic N) is 4. The molecule has 1 aliphatic heterocycles. The molecule has 0 atom stereocenters. The van der Waals surface area contributed by atoms with E-state index in [4.69, 9.17) is 4.74 Å². The average molecular weight is 518 g/mol. The highest BCUT2D eigenvalue weighted by Crippen LogP contribution is 2.28. The van der Waals surface area contributed by atoms with Crippen LogP contribution >= 0.6 is 0 Å². The first kappa shape index (κ1) is 25.6. The number of hydrogen-bond donors (Lipinski definition) is 3. The van der Waals surface area contributed by atoms with Crippen LogP contribution in [-0.2, 0) is 0 Å². The molecular weight excluding hydrogens is 485 g/mol. The van der Waals surface area contributed by atoms with Crippen molar-refractivity contribution in [1.29, 1.82) is 0 Å². The summed E-state index contributed by atoms with van der Waals surface area (Å²) in [4.78, 5) is 24.1. The first-order valence-electron chi connectivity index (χ1n) is 12.8. The van der Waals surface area contributed by atoms with Crippen LogP contribution in [0.4, 0.5) is 15.9 Å². The van der Waals surface area contributed by atoms with Gasteiger partial charge in [-0.2, -0.15) is 0 Å². The van der Waals surface area contributed by atoms with Gasteiger partial charge in [-0.05, 0) is 61.9 Å². The smallest absolute Gasteiger partial charge is 0.251 e. The van der Waals surface area contributed by atoms with Crippen molar-refractivity contribution < 1.29 is 13.9 Å². The molecule has 0 unspecified atom stereocenters. The molecular formula is C28H32FN7O2. The van der Waals surface area contributed by atoms with Crippen LogP contribution < -0.4 is 20.7 Å². The lowest BCUT2D eigenvalue weighted by molar-refractivity contribution is 0.0950. The van der Waals surface area contributed by atoms with Crippen molar-refractivity contribution in [1.82, 2.24) is 29.9 Å². The minimum Gasteiger partial charge on any atom is -0.494 e. The molecule has 0 aliphatic carbocycles. The number of nitrogens with one attached hydrogen (secondary N) is 3. The van der Waals surface area contributed by atoms with E-state index in [1.165, 1.54) is 13.2 Å². The summed E-state index contributed by atoms with van der Waals surface area (Å²) in [5, 5.41) is 9.70. The predicted molar refractivity (Wildman–Crippen MR) is 146 cm³/mol. The van der Waals surface area contributed by atoms with E-state index < -0.39 is 5.82 Å². The number of aryl methyl sites for hydroxylation is 1. The molecule has 0 bridgehead atoms. The van der Waals surface area contributed by atoms with Crippen molar-refractivity contribution in [2.45, 2.75) is 13.3 Å². The van der Waals surface area contributed by atoms with E-state index in [-0.39, 0.29) is 11.7 Å². The highest BCUT2D eigenvalue weighted by molar-refractivity contribution is 5.96. The Morgan fingerprint density at radius 3 is 2.76 bits per heavy atom. The summed E-state index contributed by atoms with van der Waals surface area (Å²) >= 11 is 0. The highest BCUT2D eigenvalue weighted by Gasteiger charge is 2.15.